The first kappa shape index (κ1) is 15.7. The van der Waals surface area contributed by atoms with Crippen LogP contribution >= 0.6 is 0 Å². The first-order chi connectivity index (χ1) is 12.3. The molecule has 1 atom stereocenters. The van der Waals surface area contributed by atoms with Gasteiger partial charge in [-0.15, -0.1) is 0 Å². The zero-order chi connectivity index (χ0) is 17.2. The lowest BCUT2D eigenvalue weighted by atomic mass is 10.1. The number of carbonyl (C=O) groups excluding carboxylic acids is 1. The summed E-state index contributed by atoms with van der Waals surface area (Å²) in [6.07, 6.45) is 1.09. The van der Waals surface area contributed by atoms with Gasteiger partial charge in [0, 0.05) is 12.2 Å². The number of rotatable bonds is 4. The molecular weight excluding hydrogens is 310 g/mol. The second-order valence-electron chi connectivity index (χ2n) is 6.39. The van der Waals surface area contributed by atoms with Crippen LogP contribution in [-0.4, -0.2) is 18.6 Å². The summed E-state index contributed by atoms with van der Waals surface area (Å²) in [6.45, 7) is 2.72. The Morgan fingerprint density at radius 2 is 1.80 bits per heavy atom. The summed E-state index contributed by atoms with van der Waals surface area (Å²) >= 11 is 0. The molecule has 3 nitrogen and oxygen atoms in total. The van der Waals surface area contributed by atoms with Crippen LogP contribution in [0.3, 0.4) is 0 Å². The third-order valence-electron chi connectivity index (χ3n) is 4.80. The lowest BCUT2D eigenvalue weighted by Crippen LogP contribution is -2.41. The van der Waals surface area contributed by atoms with Crippen molar-refractivity contribution in [3.8, 4) is 5.75 Å². The quantitative estimate of drug-likeness (QED) is 0.700. The predicted molar refractivity (Wildman–Crippen MR) is 101 cm³/mol. The molecule has 0 N–H and O–H groups in total. The molecule has 0 aliphatic carbocycles. The molecule has 1 aliphatic heterocycles. The van der Waals surface area contributed by atoms with Crippen LogP contribution in [0.4, 0.5) is 5.69 Å². The maximum absolute atomic E-state index is 13.0. The van der Waals surface area contributed by atoms with Gasteiger partial charge in [-0.05, 0) is 47.4 Å². The van der Waals surface area contributed by atoms with E-state index in [1.165, 1.54) is 10.9 Å². The van der Waals surface area contributed by atoms with Gasteiger partial charge in [-0.2, -0.15) is 0 Å². The summed E-state index contributed by atoms with van der Waals surface area (Å²) in [7, 11) is 0. The Bertz CT molecular complexity index is 919. The van der Waals surface area contributed by atoms with Gasteiger partial charge in [0.15, 0.2) is 6.10 Å². The molecule has 3 aromatic carbocycles. The number of ether oxygens (including phenoxy) is 1. The highest BCUT2D eigenvalue weighted by Crippen LogP contribution is 2.29. The predicted octanol–water partition coefficient (Wildman–Crippen LogP) is 4.59. The van der Waals surface area contributed by atoms with Crippen molar-refractivity contribution in [2.45, 2.75) is 25.9 Å². The maximum atomic E-state index is 13.0. The molecule has 0 fully saturated rings. The number of para-hydroxylation sites is 1. The van der Waals surface area contributed by atoms with Crippen LogP contribution < -0.4 is 9.64 Å². The SMILES string of the molecule is CC[C@H](Oc1ccc2ccccc2c1)C(=O)N1CCc2ccccc21. The first-order valence-corrected chi connectivity index (χ1v) is 8.81. The molecule has 0 spiro atoms. The molecule has 0 radical (unpaired) electrons. The maximum Gasteiger partial charge on any atom is 0.268 e. The van der Waals surface area contributed by atoms with Gasteiger partial charge in [-0.3, -0.25) is 4.79 Å². The number of carbonyl (C=O) groups is 1. The molecule has 3 heteroatoms. The van der Waals surface area contributed by atoms with Gasteiger partial charge in [0.1, 0.15) is 5.75 Å². The lowest BCUT2D eigenvalue weighted by Gasteiger charge is -2.24. The summed E-state index contributed by atoms with van der Waals surface area (Å²) in [4.78, 5) is 14.9. The van der Waals surface area contributed by atoms with Crippen LogP contribution in [0, 0.1) is 0 Å². The Labute approximate surface area is 147 Å². The lowest BCUT2D eigenvalue weighted by molar-refractivity contribution is -0.125. The average molecular weight is 331 g/mol. The molecule has 0 aromatic heterocycles. The van der Waals surface area contributed by atoms with Crippen molar-refractivity contribution in [1.82, 2.24) is 0 Å². The van der Waals surface area contributed by atoms with E-state index in [2.05, 4.69) is 18.2 Å². The van der Waals surface area contributed by atoms with Crippen molar-refractivity contribution in [2.24, 2.45) is 0 Å². The van der Waals surface area contributed by atoms with Crippen LogP contribution in [0.15, 0.2) is 66.7 Å². The molecule has 0 bridgehead atoms. The average Bonchev–Trinajstić information content (AvgIpc) is 3.09. The largest absolute Gasteiger partial charge is 0.481 e. The minimum atomic E-state index is -0.465. The van der Waals surface area contributed by atoms with Gasteiger partial charge in [0.2, 0.25) is 0 Å². The number of nitrogens with zero attached hydrogens (tertiary/aromatic N) is 1. The van der Waals surface area contributed by atoms with E-state index in [-0.39, 0.29) is 5.91 Å². The van der Waals surface area contributed by atoms with Gasteiger partial charge >= 0.3 is 0 Å². The van der Waals surface area contributed by atoms with Gasteiger partial charge in [0.25, 0.3) is 5.91 Å². The molecule has 0 unspecified atom stereocenters. The number of hydrogen-bond donors (Lipinski definition) is 0. The number of benzene rings is 3. The minimum absolute atomic E-state index is 0.0422. The number of anilines is 1. The van der Waals surface area contributed by atoms with Gasteiger partial charge < -0.3 is 9.64 Å². The van der Waals surface area contributed by atoms with Crippen LogP contribution in [0.5, 0.6) is 5.75 Å². The third-order valence-corrected chi connectivity index (χ3v) is 4.80. The Balaban J connectivity index is 1.56. The Morgan fingerprint density at radius 3 is 2.64 bits per heavy atom. The summed E-state index contributed by atoms with van der Waals surface area (Å²) in [6, 6.07) is 22.3. The van der Waals surface area contributed by atoms with Crippen LogP contribution in [0.25, 0.3) is 10.8 Å². The van der Waals surface area contributed by atoms with E-state index in [1.807, 2.05) is 60.4 Å². The van der Waals surface area contributed by atoms with E-state index in [9.17, 15) is 4.79 Å². The Kier molecular flexibility index (Phi) is 4.14. The van der Waals surface area contributed by atoms with E-state index in [1.54, 1.807) is 0 Å². The molecule has 0 saturated heterocycles. The van der Waals surface area contributed by atoms with Gasteiger partial charge in [-0.25, -0.2) is 0 Å². The summed E-state index contributed by atoms with van der Waals surface area (Å²) in [5, 5.41) is 2.29. The Morgan fingerprint density at radius 1 is 1.04 bits per heavy atom. The highest BCUT2D eigenvalue weighted by atomic mass is 16.5. The minimum Gasteiger partial charge on any atom is -0.481 e. The number of hydrogen-bond acceptors (Lipinski definition) is 2. The van der Waals surface area contributed by atoms with E-state index in [0.29, 0.717) is 6.42 Å². The molecule has 4 rings (SSSR count). The topological polar surface area (TPSA) is 29.5 Å². The second kappa shape index (κ2) is 6.60. The zero-order valence-corrected chi connectivity index (χ0v) is 14.3. The molecule has 1 amide bonds. The van der Waals surface area contributed by atoms with Crippen molar-refractivity contribution in [2.75, 3.05) is 11.4 Å². The second-order valence-corrected chi connectivity index (χ2v) is 6.39. The third kappa shape index (κ3) is 2.98. The summed E-state index contributed by atoms with van der Waals surface area (Å²) in [5.74, 6) is 0.784. The first-order valence-electron chi connectivity index (χ1n) is 8.81. The molecule has 1 heterocycles. The van der Waals surface area contributed by atoms with Crippen molar-refractivity contribution in [3.63, 3.8) is 0 Å². The Hall–Kier alpha value is -2.81. The van der Waals surface area contributed by atoms with Gasteiger partial charge in [0.05, 0.1) is 0 Å². The fourth-order valence-corrected chi connectivity index (χ4v) is 3.45. The molecule has 126 valence electrons. The smallest absolute Gasteiger partial charge is 0.268 e. The van der Waals surface area contributed by atoms with E-state index < -0.39 is 6.10 Å². The fourth-order valence-electron chi connectivity index (χ4n) is 3.45. The molecule has 0 saturated carbocycles. The molecule has 25 heavy (non-hydrogen) atoms. The van der Waals surface area contributed by atoms with Gasteiger partial charge in [-0.1, -0.05) is 55.5 Å². The van der Waals surface area contributed by atoms with E-state index in [0.717, 1.165) is 29.8 Å². The van der Waals surface area contributed by atoms with Crippen molar-refractivity contribution in [3.05, 3.63) is 72.3 Å². The fraction of sp³-hybridized carbons (Fsp3) is 0.227. The summed E-state index contributed by atoms with van der Waals surface area (Å²) in [5.41, 5.74) is 2.25. The van der Waals surface area contributed by atoms with Crippen molar-refractivity contribution in [1.29, 1.82) is 0 Å². The highest BCUT2D eigenvalue weighted by Gasteiger charge is 2.30. The zero-order valence-electron chi connectivity index (χ0n) is 14.3. The normalized spacial score (nSPS) is 14.4. The molecule has 1 aliphatic rings. The standard InChI is InChI=1S/C22H21NO2/c1-2-21(22(24)23-14-13-17-8-5-6-10-20(17)23)25-19-12-11-16-7-3-4-9-18(16)15-19/h3-12,15,21H,2,13-14H2,1H3/t21-/m0/s1. The van der Waals surface area contributed by atoms with Crippen molar-refractivity contribution < 1.29 is 9.53 Å². The van der Waals surface area contributed by atoms with Crippen LogP contribution in [0.2, 0.25) is 0 Å². The van der Waals surface area contributed by atoms with Crippen molar-refractivity contribution >= 4 is 22.4 Å². The number of fused-ring (bicyclic) bond motifs is 2. The highest BCUT2D eigenvalue weighted by molar-refractivity contribution is 5.98. The van der Waals surface area contributed by atoms with Crippen LogP contribution in [0.1, 0.15) is 18.9 Å². The van der Waals surface area contributed by atoms with Crippen LogP contribution in [-0.2, 0) is 11.2 Å². The summed E-state index contributed by atoms with van der Waals surface area (Å²) < 4.78 is 6.07. The van der Waals surface area contributed by atoms with E-state index >= 15 is 0 Å². The molecular formula is C22H21NO2. The monoisotopic (exact) mass is 331 g/mol. The molecule has 3 aromatic rings. The number of amides is 1. The van der Waals surface area contributed by atoms with E-state index in [4.69, 9.17) is 4.74 Å².